The highest BCUT2D eigenvalue weighted by Gasteiger charge is 2.45. The van der Waals surface area contributed by atoms with Crippen LogP contribution >= 0.6 is 0 Å². The lowest BCUT2D eigenvalue weighted by Gasteiger charge is -2.41. The molecule has 0 saturated heterocycles. The Kier molecular flexibility index (Phi) is 4.74. The quantitative estimate of drug-likeness (QED) is 0.885. The van der Waals surface area contributed by atoms with Gasteiger partial charge in [-0.15, -0.1) is 0 Å². The Morgan fingerprint density at radius 2 is 2.00 bits per heavy atom. The van der Waals surface area contributed by atoms with Gasteiger partial charge in [0.2, 0.25) is 5.91 Å². The minimum Gasteiger partial charge on any atom is -0.355 e. The smallest absolute Gasteiger partial charge is 0.230 e. The molecule has 0 spiro atoms. The van der Waals surface area contributed by atoms with Crippen LogP contribution in [0, 0.1) is 19.8 Å². The summed E-state index contributed by atoms with van der Waals surface area (Å²) in [7, 11) is 0. The predicted octanol–water partition coefficient (Wildman–Crippen LogP) is 3.37. The first-order valence-electron chi connectivity index (χ1n) is 8.84. The zero-order valence-electron chi connectivity index (χ0n) is 14.9. The molecule has 1 atom stereocenters. The van der Waals surface area contributed by atoms with Gasteiger partial charge in [-0.05, 0) is 44.2 Å². The third kappa shape index (κ3) is 3.37. The Labute approximate surface area is 144 Å². The fourth-order valence-corrected chi connectivity index (χ4v) is 3.66. The lowest BCUT2D eigenvalue weighted by atomic mass is 9.63. The molecule has 0 bridgehead atoms. The summed E-state index contributed by atoms with van der Waals surface area (Å²) in [5.41, 5.74) is 3.33. The number of benzene rings is 1. The number of nitrogens with zero attached hydrogens (tertiary/aromatic N) is 2. The van der Waals surface area contributed by atoms with Gasteiger partial charge >= 0.3 is 0 Å². The molecule has 0 unspecified atom stereocenters. The molecule has 1 aromatic heterocycles. The fourth-order valence-electron chi connectivity index (χ4n) is 3.66. The van der Waals surface area contributed by atoms with Crippen LogP contribution in [0.5, 0.6) is 0 Å². The third-order valence-corrected chi connectivity index (χ3v) is 5.09. The fraction of sp³-hybridized carbons (Fsp3) is 0.500. The second-order valence-electron chi connectivity index (χ2n) is 7.36. The maximum absolute atomic E-state index is 12.9. The Morgan fingerprint density at radius 3 is 2.54 bits per heavy atom. The van der Waals surface area contributed by atoms with E-state index in [9.17, 15) is 4.79 Å². The monoisotopic (exact) mass is 325 g/mol. The average molecular weight is 325 g/mol. The summed E-state index contributed by atoms with van der Waals surface area (Å²) in [5, 5.41) is 7.43. The number of hydrogen-bond donors (Lipinski definition) is 1. The first-order valence-corrected chi connectivity index (χ1v) is 8.84. The molecule has 0 radical (unpaired) electrons. The highest BCUT2D eigenvalue weighted by molar-refractivity contribution is 5.89. The summed E-state index contributed by atoms with van der Waals surface area (Å²) in [6.07, 6.45) is 6.78. The van der Waals surface area contributed by atoms with Crippen molar-refractivity contribution in [2.45, 2.75) is 52.0 Å². The van der Waals surface area contributed by atoms with E-state index in [1.807, 2.05) is 16.9 Å². The maximum atomic E-state index is 12.9. The summed E-state index contributed by atoms with van der Waals surface area (Å²) in [6.45, 7) is 7.86. The van der Waals surface area contributed by atoms with Gasteiger partial charge in [-0.1, -0.05) is 42.7 Å². The predicted molar refractivity (Wildman–Crippen MR) is 95.8 cm³/mol. The molecule has 1 heterocycles. The van der Waals surface area contributed by atoms with Crippen molar-refractivity contribution in [3.8, 4) is 0 Å². The molecule has 1 N–H and O–H groups in total. The molecule has 1 aromatic carbocycles. The molecule has 128 valence electrons. The van der Waals surface area contributed by atoms with Crippen molar-refractivity contribution in [2.24, 2.45) is 5.92 Å². The van der Waals surface area contributed by atoms with Gasteiger partial charge in [0.1, 0.15) is 0 Å². The number of aromatic nitrogens is 2. The largest absolute Gasteiger partial charge is 0.355 e. The highest BCUT2D eigenvalue weighted by atomic mass is 16.2. The second kappa shape index (κ2) is 6.80. The minimum absolute atomic E-state index is 0.186. The molecule has 24 heavy (non-hydrogen) atoms. The molecule has 3 rings (SSSR count). The van der Waals surface area contributed by atoms with Gasteiger partial charge in [0.25, 0.3) is 0 Å². The average Bonchev–Trinajstić information content (AvgIpc) is 2.96. The van der Waals surface area contributed by atoms with Crippen LogP contribution in [0.15, 0.2) is 36.7 Å². The number of hydrogen-bond acceptors (Lipinski definition) is 2. The number of carbonyl (C=O) groups excluding carboxylic acids is 1. The molecular formula is C20H27N3O. The minimum atomic E-state index is -0.317. The van der Waals surface area contributed by atoms with Crippen LogP contribution < -0.4 is 5.32 Å². The van der Waals surface area contributed by atoms with E-state index in [0.717, 1.165) is 25.8 Å². The van der Waals surface area contributed by atoms with Gasteiger partial charge in [0.05, 0.1) is 5.41 Å². The summed E-state index contributed by atoms with van der Waals surface area (Å²) < 4.78 is 1.92. The van der Waals surface area contributed by atoms with E-state index < -0.39 is 0 Å². The maximum Gasteiger partial charge on any atom is 0.230 e. The molecule has 4 nitrogen and oxygen atoms in total. The summed E-state index contributed by atoms with van der Waals surface area (Å²) in [5.74, 6) is 0.538. The Morgan fingerprint density at radius 1 is 1.29 bits per heavy atom. The van der Waals surface area contributed by atoms with E-state index in [1.165, 1.54) is 16.7 Å². The first-order chi connectivity index (χ1) is 11.5. The van der Waals surface area contributed by atoms with E-state index in [1.54, 1.807) is 6.20 Å². The van der Waals surface area contributed by atoms with Crippen molar-refractivity contribution >= 4 is 5.91 Å². The van der Waals surface area contributed by atoms with Gasteiger partial charge in [0, 0.05) is 25.5 Å². The number of carbonyl (C=O) groups is 1. The molecule has 0 aliphatic heterocycles. The van der Waals surface area contributed by atoms with Gasteiger partial charge in [-0.2, -0.15) is 5.10 Å². The molecule has 1 fully saturated rings. The van der Waals surface area contributed by atoms with Crippen LogP contribution in [0.25, 0.3) is 0 Å². The zero-order valence-corrected chi connectivity index (χ0v) is 14.9. The van der Waals surface area contributed by atoms with E-state index in [4.69, 9.17) is 0 Å². The summed E-state index contributed by atoms with van der Waals surface area (Å²) in [6, 6.07) is 8.45. The Bertz CT molecular complexity index is 681. The Balaban J connectivity index is 1.65. The van der Waals surface area contributed by atoms with Crippen LogP contribution in [0.3, 0.4) is 0 Å². The van der Waals surface area contributed by atoms with Crippen molar-refractivity contribution in [3.05, 3.63) is 53.3 Å². The van der Waals surface area contributed by atoms with Crippen LogP contribution in [-0.2, 0) is 16.8 Å². The number of rotatable bonds is 6. The van der Waals surface area contributed by atoms with Crippen LogP contribution in [0.2, 0.25) is 0 Å². The second-order valence-corrected chi connectivity index (χ2v) is 7.36. The van der Waals surface area contributed by atoms with Gasteiger partial charge < -0.3 is 5.32 Å². The standard InChI is InChI=1S/C20H27N3O/c1-15-10-16(2)12-18(11-15)20(6-4-7-20)19(24)21-13-17(3)14-23-9-5-8-22-23/h5,8-12,17H,4,6-7,13-14H2,1-3H3,(H,21,24)/t17-/m1/s1. The van der Waals surface area contributed by atoms with Crippen LogP contribution in [-0.4, -0.2) is 22.2 Å². The molecule has 2 aromatic rings. The van der Waals surface area contributed by atoms with E-state index >= 15 is 0 Å². The molecule has 1 saturated carbocycles. The molecule has 4 heteroatoms. The van der Waals surface area contributed by atoms with E-state index in [-0.39, 0.29) is 11.3 Å². The molecular weight excluding hydrogens is 298 g/mol. The van der Waals surface area contributed by atoms with Crippen molar-refractivity contribution in [2.75, 3.05) is 6.54 Å². The van der Waals surface area contributed by atoms with Crippen molar-refractivity contribution in [3.63, 3.8) is 0 Å². The lowest BCUT2D eigenvalue weighted by molar-refractivity contribution is -0.130. The summed E-state index contributed by atoms with van der Waals surface area (Å²) >= 11 is 0. The SMILES string of the molecule is Cc1cc(C)cc(C2(C(=O)NC[C@@H](C)Cn3cccn3)CCC2)c1. The van der Waals surface area contributed by atoms with Crippen molar-refractivity contribution < 1.29 is 4.79 Å². The van der Waals surface area contributed by atoms with Crippen molar-refractivity contribution in [1.82, 2.24) is 15.1 Å². The first kappa shape index (κ1) is 16.7. The van der Waals surface area contributed by atoms with Crippen LogP contribution in [0.1, 0.15) is 42.9 Å². The number of aryl methyl sites for hydroxylation is 2. The van der Waals surface area contributed by atoms with E-state index in [0.29, 0.717) is 12.5 Å². The molecule has 1 amide bonds. The zero-order chi connectivity index (χ0) is 17.2. The molecule has 1 aliphatic rings. The lowest BCUT2D eigenvalue weighted by Crippen LogP contribution is -2.50. The molecule has 1 aliphatic carbocycles. The summed E-state index contributed by atoms with van der Waals surface area (Å²) in [4.78, 5) is 12.9. The van der Waals surface area contributed by atoms with Crippen LogP contribution in [0.4, 0.5) is 0 Å². The van der Waals surface area contributed by atoms with E-state index in [2.05, 4.69) is 49.4 Å². The van der Waals surface area contributed by atoms with Crippen molar-refractivity contribution in [1.29, 1.82) is 0 Å². The highest BCUT2D eigenvalue weighted by Crippen LogP contribution is 2.44. The normalized spacial score (nSPS) is 17.1. The topological polar surface area (TPSA) is 46.9 Å². The van der Waals surface area contributed by atoms with Gasteiger partial charge in [-0.3, -0.25) is 9.48 Å². The van der Waals surface area contributed by atoms with Gasteiger partial charge in [0.15, 0.2) is 0 Å². The van der Waals surface area contributed by atoms with Gasteiger partial charge in [-0.25, -0.2) is 0 Å². The number of nitrogens with one attached hydrogen (secondary N) is 1. The Hall–Kier alpha value is -2.10. The number of amides is 1. The third-order valence-electron chi connectivity index (χ3n) is 5.09.